The summed E-state index contributed by atoms with van der Waals surface area (Å²) in [5.41, 5.74) is 0.866. The summed E-state index contributed by atoms with van der Waals surface area (Å²) < 4.78 is 0. The van der Waals surface area contributed by atoms with E-state index in [4.69, 9.17) is 23.2 Å². The van der Waals surface area contributed by atoms with Crippen LogP contribution in [-0.2, 0) is 11.2 Å². The van der Waals surface area contributed by atoms with Gasteiger partial charge in [-0.1, -0.05) is 56.0 Å². The van der Waals surface area contributed by atoms with Gasteiger partial charge in [0.25, 0.3) is 0 Å². The van der Waals surface area contributed by atoms with Gasteiger partial charge in [0.1, 0.15) is 5.78 Å². The van der Waals surface area contributed by atoms with Crippen LogP contribution in [0.5, 0.6) is 0 Å². The summed E-state index contributed by atoms with van der Waals surface area (Å²) in [4.78, 5) is 11.8. The molecule has 0 fully saturated rings. The Kier molecular flexibility index (Phi) is 6.01. The molecule has 1 unspecified atom stereocenters. The van der Waals surface area contributed by atoms with Gasteiger partial charge in [-0.3, -0.25) is 4.79 Å². The topological polar surface area (TPSA) is 17.1 Å². The Labute approximate surface area is 113 Å². The zero-order chi connectivity index (χ0) is 12.8. The molecule has 0 aliphatic heterocycles. The molecule has 0 aromatic heterocycles. The second kappa shape index (κ2) is 7.03. The maximum absolute atomic E-state index is 11.8. The summed E-state index contributed by atoms with van der Waals surface area (Å²) in [6, 6.07) is 5.28. The van der Waals surface area contributed by atoms with Gasteiger partial charge in [-0.25, -0.2) is 0 Å². The summed E-state index contributed by atoms with van der Waals surface area (Å²) in [5.74, 6) is 0.703. The van der Waals surface area contributed by atoms with Crippen molar-refractivity contribution in [1.82, 2.24) is 0 Å². The fraction of sp³-hybridized carbons (Fsp3) is 0.500. The predicted octanol–water partition coefficient (Wildman–Crippen LogP) is 4.93. The monoisotopic (exact) mass is 272 g/mol. The van der Waals surface area contributed by atoms with Gasteiger partial charge in [-0.2, -0.15) is 0 Å². The fourth-order valence-electron chi connectivity index (χ4n) is 1.93. The third-order valence-corrected chi connectivity index (χ3v) is 3.35. The molecule has 94 valence electrons. The number of hydrogen-bond acceptors (Lipinski definition) is 1. The largest absolute Gasteiger partial charge is 0.299 e. The first-order valence-corrected chi connectivity index (χ1v) is 6.74. The van der Waals surface area contributed by atoms with Gasteiger partial charge in [0, 0.05) is 22.9 Å². The van der Waals surface area contributed by atoms with Crippen molar-refractivity contribution >= 4 is 29.0 Å². The SMILES string of the molecule is CCCC(C)CC(=O)Cc1ccc(Cl)cc1Cl. The van der Waals surface area contributed by atoms with E-state index in [1.807, 2.05) is 6.07 Å². The molecule has 1 aromatic carbocycles. The van der Waals surface area contributed by atoms with Crippen LogP contribution < -0.4 is 0 Å². The number of ketones is 1. The maximum Gasteiger partial charge on any atom is 0.137 e. The molecular formula is C14H18Cl2O. The first-order valence-electron chi connectivity index (χ1n) is 5.98. The van der Waals surface area contributed by atoms with E-state index in [1.54, 1.807) is 12.1 Å². The van der Waals surface area contributed by atoms with Gasteiger partial charge in [-0.15, -0.1) is 0 Å². The van der Waals surface area contributed by atoms with Gasteiger partial charge in [0.05, 0.1) is 0 Å². The minimum atomic E-state index is 0.246. The molecule has 0 aliphatic rings. The van der Waals surface area contributed by atoms with E-state index in [0.717, 1.165) is 18.4 Å². The average molecular weight is 273 g/mol. The predicted molar refractivity (Wildman–Crippen MR) is 73.9 cm³/mol. The third kappa shape index (κ3) is 5.10. The Balaban J connectivity index is 2.56. The molecule has 1 nitrogen and oxygen atoms in total. The second-order valence-electron chi connectivity index (χ2n) is 4.55. The van der Waals surface area contributed by atoms with Gasteiger partial charge in [0.15, 0.2) is 0 Å². The molecule has 1 rings (SSSR count). The highest BCUT2D eigenvalue weighted by atomic mass is 35.5. The molecule has 0 bridgehead atoms. The lowest BCUT2D eigenvalue weighted by atomic mass is 9.96. The number of halogens is 2. The highest BCUT2D eigenvalue weighted by Gasteiger charge is 2.11. The van der Waals surface area contributed by atoms with Crippen molar-refractivity contribution in [2.24, 2.45) is 5.92 Å². The van der Waals surface area contributed by atoms with E-state index in [0.29, 0.717) is 28.8 Å². The van der Waals surface area contributed by atoms with Crippen LogP contribution in [0.15, 0.2) is 18.2 Å². The molecule has 1 aromatic rings. The average Bonchev–Trinajstić information content (AvgIpc) is 2.22. The first-order chi connectivity index (χ1) is 8.02. The lowest BCUT2D eigenvalue weighted by molar-refractivity contribution is -0.119. The van der Waals surface area contributed by atoms with Crippen LogP contribution in [0.25, 0.3) is 0 Å². The molecule has 0 spiro atoms. The summed E-state index contributed by atoms with van der Waals surface area (Å²) in [6.45, 7) is 4.25. The van der Waals surface area contributed by atoms with Gasteiger partial charge in [0.2, 0.25) is 0 Å². The van der Waals surface area contributed by atoms with Crippen LogP contribution in [0.4, 0.5) is 0 Å². The number of Topliss-reactive ketones (excluding diaryl/α,β-unsaturated/α-hetero) is 1. The van der Waals surface area contributed by atoms with E-state index >= 15 is 0 Å². The maximum atomic E-state index is 11.8. The fourth-order valence-corrected chi connectivity index (χ4v) is 2.41. The molecule has 0 saturated heterocycles. The Morgan fingerprint density at radius 1 is 1.35 bits per heavy atom. The molecule has 17 heavy (non-hydrogen) atoms. The van der Waals surface area contributed by atoms with E-state index in [2.05, 4.69) is 13.8 Å². The molecule has 0 heterocycles. The van der Waals surface area contributed by atoms with Crippen molar-refractivity contribution in [2.75, 3.05) is 0 Å². The summed E-state index contributed by atoms with van der Waals surface area (Å²) in [7, 11) is 0. The van der Waals surface area contributed by atoms with Crippen LogP contribution in [0.2, 0.25) is 10.0 Å². The van der Waals surface area contributed by atoms with Gasteiger partial charge >= 0.3 is 0 Å². The van der Waals surface area contributed by atoms with Gasteiger partial charge < -0.3 is 0 Å². The van der Waals surface area contributed by atoms with Crippen molar-refractivity contribution in [3.63, 3.8) is 0 Å². The van der Waals surface area contributed by atoms with Crippen molar-refractivity contribution in [3.8, 4) is 0 Å². The van der Waals surface area contributed by atoms with Crippen molar-refractivity contribution < 1.29 is 4.79 Å². The van der Waals surface area contributed by atoms with Crippen molar-refractivity contribution in [1.29, 1.82) is 0 Å². The second-order valence-corrected chi connectivity index (χ2v) is 5.39. The molecule has 3 heteroatoms. The molecule has 0 amide bonds. The van der Waals surface area contributed by atoms with Crippen LogP contribution in [0.3, 0.4) is 0 Å². The van der Waals surface area contributed by atoms with Crippen molar-refractivity contribution in [3.05, 3.63) is 33.8 Å². The minimum absolute atomic E-state index is 0.246. The number of rotatable bonds is 6. The summed E-state index contributed by atoms with van der Waals surface area (Å²) in [6.07, 6.45) is 3.26. The molecule has 0 aliphatic carbocycles. The third-order valence-electron chi connectivity index (χ3n) is 2.76. The van der Waals surface area contributed by atoms with Crippen molar-refractivity contribution in [2.45, 2.75) is 39.5 Å². The van der Waals surface area contributed by atoms with E-state index in [1.165, 1.54) is 0 Å². The molecular weight excluding hydrogens is 255 g/mol. The number of carbonyl (C=O) groups excluding carboxylic acids is 1. The highest BCUT2D eigenvalue weighted by molar-refractivity contribution is 6.35. The Morgan fingerprint density at radius 3 is 2.65 bits per heavy atom. The first kappa shape index (κ1) is 14.5. The van der Waals surface area contributed by atoms with Crippen LogP contribution in [0.1, 0.15) is 38.7 Å². The number of hydrogen-bond donors (Lipinski definition) is 0. The zero-order valence-corrected chi connectivity index (χ0v) is 11.8. The summed E-state index contributed by atoms with van der Waals surface area (Å²) >= 11 is 11.8. The smallest absolute Gasteiger partial charge is 0.137 e. The van der Waals surface area contributed by atoms with Crippen LogP contribution in [-0.4, -0.2) is 5.78 Å². The quantitative estimate of drug-likeness (QED) is 0.718. The van der Waals surface area contributed by atoms with E-state index < -0.39 is 0 Å². The Bertz CT molecular complexity index is 388. The normalized spacial score (nSPS) is 12.5. The number of carbonyl (C=O) groups is 1. The minimum Gasteiger partial charge on any atom is -0.299 e. The van der Waals surface area contributed by atoms with E-state index in [-0.39, 0.29) is 5.78 Å². The van der Waals surface area contributed by atoms with Crippen LogP contribution in [0, 0.1) is 5.92 Å². The molecule has 0 radical (unpaired) electrons. The molecule has 0 N–H and O–H groups in total. The summed E-state index contributed by atoms with van der Waals surface area (Å²) in [5, 5.41) is 1.18. The lowest BCUT2D eigenvalue weighted by Crippen LogP contribution is -2.08. The van der Waals surface area contributed by atoms with Crippen LogP contribution >= 0.6 is 23.2 Å². The standard InChI is InChI=1S/C14H18Cl2O/c1-3-4-10(2)7-13(17)8-11-5-6-12(15)9-14(11)16/h5-6,9-10H,3-4,7-8H2,1-2H3. The Morgan fingerprint density at radius 2 is 2.06 bits per heavy atom. The lowest BCUT2D eigenvalue weighted by Gasteiger charge is -2.09. The number of benzene rings is 1. The molecule has 0 saturated carbocycles. The van der Waals surface area contributed by atoms with E-state index in [9.17, 15) is 4.79 Å². The zero-order valence-electron chi connectivity index (χ0n) is 10.3. The Hall–Kier alpha value is -0.530. The van der Waals surface area contributed by atoms with Gasteiger partial charge in [-0.05, 0) is 23.6 Å². The highest BCUT2D eigenvalue weighted by Crippen LogP contribution is 2.22. The molecule has 1 atom stereocenters.